The van der Waals surface area contributed by atoms with Crippen molar-refractivity contribution >= 4 is 21.6 Å². The molecule has 0 saturated heterocycles. The van der Waals surface area contributed by atoms with Gasteiger partial charge >= 0.3 is 0 Å². The Kier molecular flexibility index (Phi) is 4.02. The molecular formula is C15H15BrFN. The second kappa shape index (κ2) is 5.53. The predicted octanol–water partition coefficient (Wildman–Crippen LogP) is 4.82. The minimum absolute atomic E-state index is 0.157. The number of nitrogens with one attached hydrogen (secondary N) is 1. The maximum absolute atomic E-state index is 13.1. The van der Waals surface area contributed by atoms with E-state index in [1.54, 1.807) is 13.0 Å². The lowest BCUT2D eigenvalue weighted by molar-refractivity contribution is 0.617. The molecule has 0 amide bonds. The number of hydrogen-bond acceptors (Lipinski definition) is 1. The average Bonchev–Trinajstić information content (AvgIpc) is 2.32. The molecule has 0 aromatic heterocycles. The molecule has 18 heavy (non-hydrogen) atoms. The molecule has 0 bridgehead atoms. The van der Waals surface area contributed by atoms with Crippen LogP contribution in [0, 0.1) is 19.7 Å². The highest BCUT2D eigenvalue weighted by Gasteiger charge is 2.02. The molecule has 1 nitrogen and oxygen atoms in total. The Morgan fingerprint density at radius 2 is 1.89 bits per heavy atom. The monoisotopic (exact) mass is 307 g/mol. The average molecular weight is 308 g/mol. The molecule has 94 valence electrons. The summed E-state index contributed by atoms with van der Waals surface area (Å²) in [5, 5.41) is 3.33. The van der Waals surface area contributed by atoms with Crippen LogP contribution in [0.25, 0.3) is 0 Å². The fourth-order valence-electron chi connectivity index (χ4n) is 1.78. The minimum atomic E-state index is -0.157. The van der Waals surface area contributed by atoms with Gasteiger partial charge in [-0.2, -0.15) is 0 Å². The van der Waals surface area contributed by atoms with Crippen molar-refractivity contribution in [3.63, 3.8) is 0 Å². The summed E-state index contributed by atoms with van der Waals surface area (Å²) in [5.74, 6) is -0.157. The largest absolute Gasteiger partial charge is 0.380 e. The third-order valence-electron chi connectivity index (χ3n) is 2.83. The Bertz CT molecular complexity index is 566. The van der Waals surface area contributed by atoms with Gasteiger partial charge in [-0.1, -0.05) is 18.2 Å². The first-order valence-corrected chi connectivity index (χ1v) is 6.60. The topological polar surface area (TPSA) is 12.0 Å². The molecule has 0 fully saturated rings. The first-order chi connectivity index (χ1) is 8.56. The lowest BCUT2D eigenvalue weighted by atomic mass is 10.1. The zero-order valence-corrected chi connectivity index (χ0v) is 12.0. The highest BCUT2D eigenvalue weighted by molar-refractivity contribution is 9.10. The molecule has 0 aliphatic rings. The van der Waals surface area contributed by atoms with Crippen molar-refractivity contribution in [2.24, 2.45) is 0 Å². The van der Waals surface area contributed by atoms with Gasteiger partial charge in [-0.15, -0.1) is 0 Å². The molecule has 2 aromatic rings. The van der Waals surface area contributed by atoms with Gasteiger partial charge in [-0.3, -0.25) is 0 Å². The number of halogens is 2. The van der Waals surface area contributed by atoms with Crippen molar-refractivity contribution in [3.05, 3.63) is 63.4 Å². The summed E-state index contributed by atoms with van der Waals surface area (Å²) in [6.45, 7) is 4.52. The van der Waals surface area contributed by atoms with Crippen molar-refractivity contribution in [2.45, 2.75) is 20.4 Å². The van der Waals surface area contributed by atoms with Crippen molar-refractivity contribution in [1.82, 2.24) is 0 Å². The first kappa shape index (κ1) is 13.1. The summed E-state index contributed by atoms with van der Waals surface area (Å²) >= 11 is 3.52. The van der Waals surface area contributed by atoms with Crippen LogP contribution in [0.15, 0.2) is 40.9 Å². The molecule has 3 heteroatoms. The Balaban J connectivity index is 2.09. The number of rotatable bonds is 3. The van der Waals surface area contributed by atoms with Crippen molar-refractivity contribution in [1.29, 1.82) is 0 Å². The second-order valence-corrected chi connectivity index (χ2v) is 5.27. The molecule has 1 N–H and O–H groups in total. The summed E-state index contributed by atoms with van der Waals surface area (Å²) in [5.41, 5.74) is 4.01. The SMILES string of the molecule is Cc1ccc(NCc2ccc(F)c(C)c2)c(Br)c1. The van der Waals surface area contributed by atoms with Crippen LogP contribution in [0.5, 0.6) is 0 Å². The lowest BCUT2D eigenvalue weighted by Gasteiger charge is -2.10. The van der Waals surface area contributed by atoms with E-state index in [1.807, 2.05) is 12.1 Å². The number of hydrogen-bond donors (Lipinski definition) is 1. The normalized spacial score (nSPS) is 10.4. The third kappa shape index (κ3) is 3.10. The quantitative estimate of drug-likeness (QED) is 0.857. The maximum atomic E-state index is 13.1. The van der Waals surface area contributed by atoms with Gasteiger partial charge in [0.05, 0.1) is 0 Å². The molecule has 2 rings (SSSR count). The van der Waals surface area contributed by atoms with E-state index in [2.05, 4.69) is 40.3 Å². The summed E-state index contributed by atoms with van der Waals surface area (Å²) < 4.78 is 14.2. The lowest BCUT2D eigenvalue weighted by Crippen LogP contribution is -2.01. The van der Waals surface area contributed by atoms with E-state index in [9.17, 15) is 4.39 Å². The number of aryl methyl sites for hydroxylation is 2. The van der Waals surface area contributed by atoms with Crippen LogP contribution >= 0.6 is 15.9 Å². The van der Waals surface area contributed by atoms with E-state index in [4.69, 9.17) is 0 Å². The Hall–Kier alpha value is -1.35. The summed E-state index contributed by atoms with van der Waals surface area (Å²) in [6, 6.07) is 11.3. The highest BCUT2D eigenvalue weighted by Crippen LogP contribution is 2.24. The fourth-order valence-corrected chi connectivity index (χ4v) is 2.41. The number of benzene rings is 2. The van der Waals surface area contributed by atoms with Crippen molar-refractivity contribution in [2.75, 3.05) is 5.32 Å². The summed E-state index contributed by atoms with van der Waals surface area (Å²) in [7, 11) is 0. The third-order valence-corrected chi connectivity index (χ3v) is 3.49. The molecule has 0 spiro atoms. The standard InChI is InChI=1S/C15H15BrFN/c1-10-3-6-15(13(16)7-10)18-9-12-4-5-14(17)11(2)8-12/h3-8,18H,9H2,1-2H3. The van der Waals surface area contributed by atoms with E-state index >= 15 is 0 Å². The van der Waals surface area contributed by atoms with Crippen LogP contribution in [0.3, 0.4) is 0 Å². The molecule has 0 aliphatic carbocycles. The molecular weight excluding hydrogens is 293 g/mol. The van der Waals surface area contributed by atoms with Crippen LogP contribution in [0.1, 0.15) is 16.7 Å². The van der Waals surface area contributed by atoms with E-state index in [0.717, 1.165) is 15.7 Å². The van der Waals surface area contributed by atoms with E-state index in [1.165, 1.54) is 11.6 Å². The van der Waals surface area contributed by atoms with Gasteiger partial charge in [-0.05, 0) is 64.7 Å². The van der Waals surface area contributed by atoms with Gasteiger partial charge in [-0.25, -0.2) is 4.39 Å². The summed E-state index contributed by atoms with van der Waals surface area (Å²) in [6.07, 6.45) is 0. The Labute approximate surface area is 115 Å². The van der Waals surface area contributed by atoms with E-state index in [-0.39, 0.29) is 5.82 Å². The van der Waals surface area contributed by atoms with Crippen molar-refractivity contribution in [3.8, 4) is 0 Å². The molecule has 0 atom stereocenters. The smallest absolute Gasteiger partial charge is 0.126 e. The fraction of sp³-hybridized carbons (Fsp3) is 0.200. The second-order valence-electron chi connectivity index (χ2n) is 4.42. The van der Waals surface area contributed by atoms with Crippen LogP contribution in [0.2, 0.25) is 0 Å². The van der Waals surface area contributed by atoms with Gasteiger partial charge in [0.2, 0.25) is 0 Å². The van der Waals surface area contributed by atoms with Crippen LogP contribution in [-0.4, -0.2) is 0 Å². The molecule has 0 radical (unpaired) electrons. The molecule has 0 unspecified atom stereocenters. The van der Waals surface area contributed by atoms with E-state index < -0.39 is 0 Å². The molecule has 0 heterocycles. The van der Waals surface area contributed by atoms with Gasteiger partial charge in [0.25, 0.3) is 0 Å². The van der Waals surface area contributed by atoms with Crippen LogP contribution in [0.4, 0.5) is 10.1 Å². The zero-order valence-electron chi connectivity index (χ0n) is 10.4. The van der Waals surface area contributed by atoms with Crippen LogP contribution in [-0.2, 0) is 6.54 Å². The van der Waals surface area contributed by atoms with E-state index in [0.29, 0.717) is 12.1 Å². The number of anilines is 1. The van der Waals surface area contributed by atoms with Gasteiger partial charge in [0.1, 0.15) is 5.82 Å². The Morgan fingerprint density at radius 1 is 1.11 bits per heavy atom. The Morgan fingerprint density at radius 3 is 2.56 bits per heavy atom. The van der Waals surface area contributed by atoms with Gasteiger partial charge in [0, 0.05) is 16.7 Å². The van der Waals surface area contributed by atoms with Gasteiger partial charge in [0.15, 0.2) is 0 Å². The zero-order chi connectivity index (χ0) is 13.1. The summed E-state index contributed by atoms with van der Waals surface area (Å²) in [4.78, 5) is 0. The van der Waals surface area contributed by atoms with Crippen molar-refractivity contribution < 1.29 is 4.39 Å². The van der Waals surface area contributed by atoms with Gasteiger partial charge < -0.3 is 5.32 Å². The molecule has 2 aromatic carbocycles. The first-order valence-electron chi connectivity index (χ1n) is 5.81. The highest BCUT2D eigenvalue weighted by atomic mass is 79.9. The molecule has 0 aliphatic heterocycles. The maximum Gasteiger partial charge on any atom is 0.126 e. The van der Waals surface area contributed by atoms with Crippen LogP contribution < -0.4 is 5.32 Å². The predicted molar refractivity (Wildman–Crippen MR) is 77.3 cm³/mol. The molecule has 0 saturated carbocycles. The minimum Gasteiger partial charge on any atom is -0.380 e.